The minimum atomic E-state index is -0.122. The van der Waals surface area contributed by atoms with Gasteiger partial charge in [0.2, 0.25) is 5.91 Å². The van der Waals surface area contributed by atoms with Gasteiger partial charge in [0, 0.05) is 44.2 Å². The average molecular weight is 383 g/mol. The number of benzene rings is 2. The van der Waals surface area contributed by atoms with E-state index in [1.54, 1.807) is 11.0 Å². The van der Waals surface area contributed by atoms with Crippen LogP contribution >= 0.6 is 11.6 Å². The van der Waals surface area contributed by atoms with E-state index in [2.05, 4.69) is 10.1 Å². The van der Waals surface area contributed by atoms with E-state index >= 15 is 0 Å². The first-order valence-electron chi connectivity index (χ1n) is 8.69. The fraction of sp³-hybridized carbons (Fsp3) is 0.250. The Hall–Kier alpha value is -2.86. The molecule has 1 aliphatic heterocycles. The highest BCUT2D eigenvalue weighted by Crippen LogP contribution is 2.35. The lowest BCUT2D eigenvalue weighted by atomic mass is 10.1. The third-order valence-electron chi connectivity index (χ3n) is 4.68. The van der Waals surface area contributed by atoms with Gasteiger partial charge in [-0.1, -0.05) is 35.0 Å². The lowest BCUT2D eigenvalue weighted by molar-refractivity contribution is -0.117. The van der Waals surface area contributed by atoms with Gasteiger partial charge in [-0.15, -0.1) is 0 Å². The summed E-state index contributed by atoms with van der Waals surface area (Å²) < 4.78 is 5.46. The van der Waals surface area contributed by atoms with Crippen molar-refractivity contribution in [1.29, 1.82) is 0 Å². The van der Waals surface area contributed by atoms with E-state index in [1.165, 1.54) is 0 Å². The smallest absolute Gasteiger partial charge is 0.258 e. The molecule has 4 rings (SSSR count). The molecule has 2 heterocycles. The lowest BCUT2D eigenvalue weighted by Gasteiger charge is -2.17. The van der Waals surface area contributed by atoms with Crippen molar-refractivity contribution in [2.45, 2.75) is 12.3 Å². The topological polar surface area (TPSA) is 62.5 Å². The second-order valence-electron chi connectivity index (χ2n) is 6.76. The molecule has 0 spiro atoms. The Kier molecular flexibility index (Phi) is 4.58. The van der Waals surface area contributed by atoms with E-state index in [9.17, 15) is 4.79 Å². The summed E-state index contributed by atoms with van der Waals surface area (Å²) in [5.74, 6) is 0.887. The monoisotopic (exact) mass is 382 g/mol. The number of anilines is 2. The molecular weight excluding hydrogens is 364 g/mol. The summed E-state index contributed by atoms with van der Waals surface area (Å²) in [6.45, 7) is 0.485. The molecule has 138 valence electrons. The van der Waals surface area contributed by atoms with Gasteiger partial charge in [-0.05, 0) is 30.3 Å². The number of nitrogens with zero attached hydrogens (tertiary/aromatic N) is 4. The molecule has 2 aromatic carbocycles. The third kappa shape index (κ3) is 3.40. The van der Waals surface area contributed by atoms with Crippen LogP contribution in [0.3, 0.4) is 0 Å². The largest absolute Gasteiger partial charge is 0.378 e. The van der Waals surface area contributed by atoms with Gasteiger partial charge in [0.05, 0.1) is 10.7 Å². The molecule has 0 radical (unpaired) electrons. The highest BCUT2D eigenvalue weighted by molar-refractivity contribution is 6.33. The van der Waals surface area contributed by atoms with E-state index in [1.807, 2.05) is 61.5 Å². The van der Waals surface area contributed by atoms with Crippen molar-refractivity contribution >= 4 is 28.9 Å². The van der Waals surface area contributed by atoms with Gasteiger partial charge in [0.25, 0.3) is 5.89 Å². The number of hydrogen-bond acceptors (Lipinski definition) is 5. The molecule has 0 aliphatic carbocycles. The maximum atomic E-state index is 12.5. The standard InChI is InChI=1S/C20H19ClN4O2/c1-24(2)15-7-5-6-13(10-15)20-22-19(23-27-20)14-11-18(26)25(12-14)17-9-4-3-8-16(17)21/h3-10,14H,11-12H2,1-2H3. The lowest BCUT2D eigenvalue weighted by Crippen LogP contribution is -2.24. The second kappa shape index (κ2) is 7.04. The summed E-state index contributed by atoms with van der Waals surface area (Å²) >= 11 is 6.24. The molecule has 27 heavy (non-hydrogen) atoms. The molecule has 1 amide bonds. The van der Waals surface area contributed by atoms with Crippen molar-refractivity contribution in [2.24, 2.45) is 0 Å². The van der Waals surface area contributed by atoms with Gasteiger partial charge < -0.3 is 14.3 Å². The van der Waals surface area contributed by atoms with E-state index < -0.39 is 0 Å². The highest BCUT2D eigenvalue weighted by Gasteiger charge is 2.35. The van der Waals surface area contributed by atoms with Crippen LogP contribution in [0.15, 0.2) is 53.1 Å². The van der Waals surface area contributed by atoms with Crippen molar-refractivity contribution in [1.82, 2.24) is 10.1 Å². The first-order chi connectivity index (χ1) is 13.0. The van der Waals surface area contributed by atoms with Crippen LogP contribution in [0.1, 0.15) is 18.2 Å². The van der Waals surface area contributed by atoms with Crippen LogP contribution in [0.25, 0.3) is 11.5 Å². The van der Waals surface area contributed by atoms with Gasteiger partial charge in [0.15, 0.2) is 5.82 Å². The van der Waals surface area contributed by atoms with E-state index in [-0.39, 0.29) is 11.8 Å². The average Bonchev–Trinajstić information content (AvgIpc) is 3.29. The first kappa shape index (κ1) is 17.5. The molecule has 1 atom stereocenters. The quantitative estimate of drug-likeness (QED) is 0.683. The van der Waals surface area contributed by atoms with Crippen LogP contribution in [0.2, 0.25) is 5.02 Å². The number of rotatable bonds is 4. The zero-order valence-electron chi connectivity index (χ0n) is 15.1. The Morgan fingerprint density at radius 1 is 1.19 bits per heavy atom. The summed E-state index contributed by atoms with van der Waals surface area (Å²) in [7, 11) is 3.96. The number of carbonyl (C=O) groups is 1. The van der Waals surface area contributed by atoms with Crippen molar-refractivity contribution in [2.75, 3.05) is 30.4 Å². The summed E-state index contributed by atoms with van der Waals surface area (Å²) in [5, 5.41) is 4.68. The van der Waals surface area contributed by atoms with Crippen molar-refractivity contribution in [3.8, 4) is 11.5 Å². The van der Waals surface area contributed by atoms with Gasteiger partial charge >= 0.3 is 0 Å². The van der Waals surface area contributed by atoms with E-state index in [4.69, 9.17) is 16.1 Å². The zero-order chi connectivity index (χ0) is 19.0. The Labute approximate surface area is 162 Å². The highest BCUT2D eigenvalue weighted by atomic mass is 35.5. The summed E-state index contributed by atoms with van der Waals surface area (Å²) in [5.41, 5.74) is 2.62. The third-order valence-corrected chi connectivity index (χ3v) is 5.00. The number of para-hydroxylation sites is 1. The maximum absolute atomic E-state index is 12.5. The van der Waals surface area contributed by atoms with Crippen LogP contribution < -0.4 is 9.80 Å². The molecule has 1 unspecified atom stereocenters. The summed E-state index contributed by atoms with van der Waals surface area (Å²) in [6.07, 6.45) is 0.335. The van der Waals surface area contributed by atoms with E-state index in [0.717, 1.165) is 11.3 Å². The maximum Gasteiger partial charge on any atom is 0.258 e. The molecule has 1 fully saturated rings. The Balaban J connectivity index is 1.57. The van der Waals surface area contributed by atoms with Gasteiger partial charge in [0.1, 0.15) is 0 Å². The Bertz CT molecular complexity index is 985. The Morgan fingerprint density at radius 2 is 2.00 bits per heavy atom. The van der Waals surface area contributed by atoms with Gasteiger partial charge in [-0.3, -0.25) is 4.79 Å². The number of carbonyl (C=O) groups excluding carboxylic acids is 1. The van der Waals surface area contributed by atoms with Gasteiger partial charge in [-0.2, -0.15) is 4.98 Å². The first-order valence-corrected chi connectivity index (χ1v) is 9.07. The second-order valence-corrected chi connectivity index (χ2v) is 7.17. The number of aromatic nitrogens is 2. The van der Waals surface area contributed by atoms with Crippen molar-refractivity contribution < 1.29 is 9.32 Å². The van der Waals surface area contributed by atoms with Gasteiger partial charge in [-0.25, -0.2) is 0 Å². The van der Waals surface area contributed by atoms with Crippen molar-refractivity contribution in [3.05, 3.63) is 59.4 Å². The molecule has 1 aromatic heterocycles. The predicted molar refractivity (Wildman–Crippen MR) is 105 cm³/mol. The number of amides is 1. The molecule has 6 nitrogen and oxygen atoms in total. The van der Waals surface area contributed by atoms with Crippen LogP contribution in [0, 0.1) is 0 Å². The van der Waals surface area contributed by atoms with Crippen LogP contribution in [-0.2, 0) is 4.79 Å². The number of hydrogen-bond donors (Lipinski definition) is 0. The molecule has 7 heteroatoms. The van der Waals surface area contributed by atoms with Crippen LogP contribution in [0.4, 0.5) is 11.4 Å². The molecule has 3 aromatic rings. The Morgan fingerprint density at radius 3 is 2.78 bits per heavy atom. The summed E-state index contributed by atoms with van der Waals surface area (Å²) in [4.78, 5) is 20.7. The minimum Gasteiger partial charge on any atom is -0.378 e. The SMILES string of the molecule is CN(C)c1cccc(-c2nc(C3CC(=O)N(c4ccccc4Cl)C3)no2)c1. The van der Waals surface area contributed by atoms with E-state index in [0.29, 0.717) is 35.4 Å². The normalized spacial score (nSPS) is 16.8. The van der Waals surface area contributed by atoms with Crippen molar-refractivity contribution in [3.63, 3.8) is 0 Å². The molecule has 0 saturated carbocycles. The molecule has 0 N–H and O–H groups in total. The molecular formula is C20H19ClN4O2. The zero-order valence-corrected chi connectivity index (χ0v) is 15.8. The number of halogens is 1. The van der Waals surface area contributed by atoms with Crippen LogP contribution in [-0.4, -0.2) is 36.7 Å². The fourth-order valence-electron chi connectivity index (χ4n) is 3.22. The molecule has 1 saturated heterocycles. The fourth-order valence-corrected chi connectivity index (χ4v) is 3.46. The molecule has 1 aliphatic rings. The summed E-state index contributed by atoms with van der Waals surface area (Å²) in [6, 6.07) is 15.2. The predicted octanol–water partition coefficient (Wildman–Crippen LogP) is 3.98. The van der Waals surface area contributed by atoms with Crippen LogP contribution in [0.5, 0.6) is 0 Å². The molecule has 0 bridgehead atoms. The minimum absolute atomic E-state index is 0.00838.